The van der Waals surface area contributed by atoms with Crippen LogP contribution in [0.15, 0.2) is 11.1 Å². The van der Waals surface area contributed by atoms with Crippen molar-refractivity contribution in [2.45, 2.75) is 52.4 Å². The highest BCUT2D eigenvalue weighted by Crippen LogP contribution is 2.21. The number of hydrogen-bond donors (Lipinski definition) is 1. The molecule has 2 saturated heterocycles. The summed E-state index contributed by atoms with van der Waals surface area (Å²) in [5, 5.41) is 8.09. The fraction of sp³-hybridized carbons (Fsp3) is 0.789. The maximum atomic E-state index is 5.95. The van der Waals surface area contributed by atoms with Crippen LogP contribution in [-0.4, -0.2) is 72.7 Å². The maximum absolute atomic E-state index is 5.95. The molecule has 0 bridgehead atoms. The number of aliphatic imine (C=N–C) groups is 1. The summed E-state index contributed by atoms with van der Waals surface area (Å²) in [5.41, 5.74) is 2.29. The molecule has 1 aromatic heterocycles. The highest BCUT2D eigenvalue weighted by Gasteiger charge is 2.32. The molecular formula is C19H33N5O2. The Kier molecular flexibility index (Phi) is 6.53. The van der Waals surface area contributed by atoms with Crippen LogP contribution in [0.1, 0.15) is 31.2 Å². The predicted octanol–water partition coefficient (Wildman–Crippen LogP) is 1.59. The minimum absolute atomic E-state index is 0.150. The van der Waals surface area contributed by atoms with Crippen LogP contribution >= 0.6 is 0 Å². The van der Waals surface area contributed by atoms with Crippen LogP contribution in [0, 0.1) is 19.8 Å². The van der Waals surface area contributed by atoms with Gasteiger partial charge in [0.25, 0.3) is 0 Å². The molecule has 2 aliphatic heterocycles. The molecule has 1 N–H and O–H groups in total. The molecule has 0 saturated carbocycles. The molecule has 0 spiro atoms. The molecule has 2 aliphatic rings. The molecular weight excluding hydrogens is 330 g/mol. The Labute approximate surface area is 156 Å². The van der Waals surface area contributed by atoms with E-state index >= 15 is 0 Å². The van der Waals surface area contributed by atoms with E-state index in [0.717, 1.165) is 63.9 Å². The second-order valence-electron chi connectivity index (χ2n) is 7.55. The van der Waals surface area contributed by atoms with Crippen molar-refractivity contribution in [1.82, 2.24) is 20.0 Å². The molecule has 3 unspecified atom stereocenters. The van der Waals surface area contributed by atoms with Crippen molar-refractivity contribution in [2.75, 3.05) is 39.9 Å². The number of ether oxygens (including phenoxy) is 2. The quantitative estimate of drug-likeness (QED) is 0.636. The summed E-state index contributed by atoms with van der Waals surface area (Å²) >= 11 is 0. The molecule has 26 heavy (non-hydrogen) atoms. The highest BCUT2D eigenvalue weighted by atomic mass is 16.5. The minimum Gasteiger partial charge on any atom is -0.375 e. The van der Waals surface area contributed by atoms with Gasteiger partial charge in [-0.2, -0.15) is 5.10 Å². The number of hydrogen-bond acceptors (Lipinski definition) is 4. The Morgan fingerprint density at radius 3 is 2.81 bits per heavy atom. The summed E-state index contributed by atoms with van der Waals surface area (Å²) < 4.78 is 13.8. The van der Waals surface area contributed by atoms with Crippen molar-refractivity contribution in [1.29, 1.82) is 0 Å². The van der Waals surface area contributed by atoms with Gasteiger partial charge in [0.15, 0.2) is 5.96 Å². The maximum Gasteiger partial charge on any atom is 0.193 e. The third-order valence-corrected chi connectivity index (χ3v) is 5.18. The largest absolute Gasteiger partial charge is 0.375 e. The lowest BCUT2D eigenvalue weighted by Crippen LogP contribution is -2.53. The van der Waals surface area contributed by atoms with Crippen LogP contribution in [-0.2, 0) is 16.0 Å². The highest BCUT2D eigenvalue weighted by molar-refractivity contribution is 5.80. The van der Waals surface area contributed by atoms with Crippen LogP contribution in [0.2, 0.25) is 0 Å². The van der Waals surface area contributed by atoms with E-state index in [0.29, 0.717) is 5.92 Å². The van der Waals surface area contributed by atoms with Crippen LogP contribution in [0.3, 0.4) is 0 Å². The van der Waals surface area contributed by atoms with Gasteiger partial charge in [-0.15, -0.1) is 0 Å². The van der Waals surface area contributed by atoms with Gasteiger partial charge < -0.3 is 19.7 Å². The number of aromatic nitrogens is 2. The van der Waals surface area contributed by atoms with Gasteiger partial charge in [-0.25, -0.2) is 0 Å². The number of guanidine groups is 1. The molecule has 3 heterocycles. The lowest BCUT2D eigenvalue weighted by atomic mass is 10.1. The summed E-state index contributed by atoms with van der Waals surface area (Å²) in [7, 11) is 1.85. The number of rotatable bonds is 5. The molecule has 1 aromatic rings. The normalized spacial score (nSPS) is 25.5. The molecule has 3 rings (SSSR count). The Hall–Kier alpha value is -1.60. The van der Waals surface area contributed by atoms with Gasteiger partial charge in [0.2, 0.25) is 0 Å². The summed E-state index contributed by atoms with van der Waals surface area (Å²) in [6.07, 6.45) is 2.63. The molecule has 0 aliphatic carbocycles. The lowest BCUT2D eigenvalue weighted by Gasteiger charge is -2.37. The number of aryl methyl sites for hydroxylation is 2. The van der Waals surface area contributed by atoms with Crippen molar-refractivity contribution in [3.05, 3.63) is 17.5 Å². The van der Waals surface area contributed by atoms with Crippen molar-refractivity contribution >= 4 is 5.96 Å². The first-order valence-electron chi connectivity index (χ1n) is 9.76. The summed E-state index contributed by atoms with van der Waals surface area (Å²) in [4.78, 5) is 6.78. The Morgan fingerprint density at radius 1 is 1.35 bits per heavy atom. The van der Waals surface area contributed by atoms with Crippen molar-refractivity contribution in [3.8, 4) is 0 Å². The van der Waals surface area contributed by atoms with E-state index in [1.54, 1.807) is 0 Å². The van der Waals surface area contributed by atoms with Crippen LogP contribution in [0.25, 0.3) is 0 Å². The third-order valence-electron chi connectivity index (χ3n) is 5.18. The standard InChI is InChI=1S/C19H33N5O2/c1-14(12-24-16(3)10-15(2)22-24)11-21-19(20-4)23-7-9-26-18(13-23)17-6-5-8-25-17/h10,14,17-18H,5-9,11-13H2,1-4H3,(H,20,21). The zero-order valence-corrected chi connectivity index (χ0v) is 16.6. The molecule has 3 atom stereocenters. The van der Waals surface area contributed by atoms with Crippen molar-refractivity contribution in [3.63, 3.8) is 0 Å². The molecule has 7 nitrogen and oxygen atoms in total. The molecule has 0 aromatic carbocycles. The van der Waals surface area contributed by atoms with E-state index in [9.17, 15) is 0 Å². The molecule has 0 radical (unpaired) electrons. The first kappa shape index (κ1) is 19.2. The van der Waals surface area contributed by atoms with Gasteiger partial charge in [0.1, 0.15) is 6.10 Å². The fourth-order valence-electron chi connectivity index (χ4n) is 3.81. The topological polar surface area (TPSA) is 63.9 Å². The Morgan fingerprint density at radius 2 is 2.15 bits per heavy atom. The van der Waals surface area contributed by atoms with Crippen molar-refractivity contribution < 1.29 is 9.47 Å². The summed E-state index contributed by atoms with van der Waals surface area (Å²) in [6, 6.07) is 2.12. The second kappa shape index (κ2) is 8.86. The van der Waals surface area contributed by atoms with Gasteiger partial charge in [-0.1, -0.05) is 6.92 Å². The smallest absolute Gasteiger partial charge is 0.193 e. The van der Waals surface area contributed by atoms with E-state index in [2.05, 4.69) is 44.9 Å². The first-order valence-corrected chi connectivity index (χ1v) is 9.76. The van der Waals surface area contributed by atoms with Gasteiger partial charge in [0.05, 0.1) is 18.4 Å². The number of morpholine rings is 1. The Balaban J connectivity index is 1.49. The molecule has 146 valence electrons. The molecule has 7 heteroatoms. The minimum atomic E-state index is 0.150. The first-order chi connectivity index (χ1) is 12.6. The van der Waals surface area contributed by atoms with E-state index in [1.807, 2.05) is 14.0 Å². The molecule has 0 amide bonds. The third kappa shape index (κ3) is 4.76. The number of nitrogens with zero attached hydrogens (tertiary/aromatic N) is 4. The predicted molar refractivity (Wildman–Crippen MR) is 103 cm³/mol. The van der Waals surface area contributed by atoms with Crippen LogP contribution in [0.5, 0.6) is 0 Å². The van der Waals surface area contributed by atoms with E-state index in [-0.39, 0.29) is 12.2 Å². The van der Waals surface area contributed by atoms with Gasteiger partial charge in [0, 0.05) is 45.5 Å². The Bertz CT molecular complexity index is 609. The van der Waals surface area contributed by atoms with E-state index < -0.39 is 0 Å². The fourth-order valence-corrected chi connectivity index (χ4v) is 3.81. The number of nitrogens with one attached hydrogen (secondary N) is 1. The van der Waals surface area contributed by atoms with Gasteiger partial charge in [-0.3, -0.25) is 9.67 Å². The zero-order chi connectivity index (χ0) is 18.5. The van der Waals surface area contributed by atoms with Crippen molar-refractivity contribution in [2.24, 2.45) is 10.9 Å². The molecule has 2 fully saturated rings. The monoisotopic (exact) mass is 363 g/mol. The lowest BCUT2D eigenvalue weighted by molar-refractivity contribution is -0.0817. The van der Waals surface area contributed by atoms with Gasteiger partial charge in [-0.05, 0) is 38.7 Å². The zero-order valence-electron chi connectivity index (χ0n) is 16.6. The van der Waals surface area contributed by atoms with Gasteiger partial charge >= 0.3 is 0 Å². The average molecular weight is 364 g/mol. The summed E-state index contributed by atoms with van der Waals surface area (Å²) in [5.74, 6) is 1.41. The SMILES string of the molecule is CN=C(NCC(C)Cn1nc(C)cc1C)N1CCOC(C2CCCO2)C1. The summed E-state index contributed by atoms with van der Waals surface area (Å²) in [6.45, 7) is 11.5. The van der Waals surface area contributed by atoms with Crippen LogP contribution < -0.4 is 5.32 Å². The van der Waals surface area contributed by atoms with E-state index in [4.69, 9.17) is 9.47 Å². The second-order valence-corrected chi connectivity index (χ2v) is 7.55. The van der Waals surface area contributed by atoms with E-state index in [1.165, 1.54) is 5.69 Å². The average Bonchev–Trinajstić information content (AvgIpc) is 3.26. The van der Waals surface area contributed by atoms with Crippen LogP contribution in [0.4, 0.5) is 0 Å².